The van der Waals surface area contributed by atoms with Crippen molar-refractivity contribution in [2.75, 3.05) is 6.26 Å². The molecule has 0 aliphatic carbocycles. The fourth-order valence-electron chi connectivity index (χ4n) is 1.77. The van der Waals surface area contributed by atoms with E-state index in [9.17, 15) is 17.6 Å². The van der Waals surface area contributed by atoms with Crippen LogP contribution in [0.15, 0.2) is 47.4 Å². The van der Waals surface area contributed by atoms with E-state index in [1.165, 1.54) is 18.2 Å². The van der Waals surface area contributed by atoms with Gasteiger partial charge in [-0.3, -0.25) is 0 Å². The summed E-state index contributed by atoms with van der Waals surface area (Å²) in [5, 5.41) is 8.76. The monoisotopic (exact) mass is 294 g/mol. The van der Waals surface area contributed by atoms with E-state index in [2.05, 4.69) is 0 Å². The first-order valence-electron chi connectivity index (χ1n) is 5.62. The largest absolute Gasteiger partial charge is 0.478 e. The van der Waals surface area contributed by atoms with Crippen LogP contribution in [0.2, 0.25) is 0 Å². The van der Waals surface area contributed by atoms with Gasteiger partial charge in [-0.15, -0.1) is 0 Å². The molecule has 0 aromatic heterocycles. The first-order valence-corrected chi connectivity index (χ1v) is 7.51. The van der Waals surface area contributed by atoms with Gasteiger partial charge in [0.05, 0.1) is 10.5 Å². The minimum absolute atomic E-state index is 0.123. The van der Waals surface area contributed by atoms with Gasteiger partial charge in [-0.05, 0) is 35.4 Å². The zero-order valence-electron chi connectivity index (χ0n) is 10.5. The number of carboxylic acid groups (broad SMARTS) is 1. The van der Waals surface area contributed by atoms with Crippen molar-refractivity contribution < 1.29 is 22.7 Å². The van der Waals surface area contributed by atoms with E-state index in [1.807, 2.05) is 0 Å². The molecule has 2 rings (SSSR count). The lowest BCUT2D eigenvalue weighted by Gasteiger charge is -2.06. The third-order valence-electron chi connectivity index (χ3n) is 2.80. The molecule has 0 atom stereocenters. The molecule has 0 saturated carbocycles. The summed E-state index contributed by atoms with van der Waals surface area (Å²) in [6, 6.07) is 9.71. The molecule has 0 saturated heterocycles. The van der Waals surface area contributed by atoms with Crippen LogP contribution >= 0.6 is 0 Å². The lowest BCUT2D eigenvalue weighted by atomic mass is 10.0. The second kappa shape index (κ2) is 5.05. The molecular formula is C14H11FO4S. The quantitative estimate of drug-likeness (QED) is 0.944. The van der Waals surface area contributed by atoms with E-state index < -0.39 is 27.2 Å². The Kier molecular flexibility index (Phi) is 3.59. The van der Waals surface area contributed by atoms with E-state index >= 15 is 0 Å². The minimum atomic E-state index is -3.35. The lowest BCUT2D eigenvalue weighted by Crippen LogP contribution is -2.00. The fourth-order valence-corrected chi connectivity index (χ4v) is 2.44. The van der Waals surface area contributed by atoms with Crippen molar-refractivity contribution in [1.82, 2.24) is 0 Å². The van der Waals surface area contributed by atoms with Gasteiger partial charge in [0.2, 0.25) is 0 Å². The number of benzene rings is 2. The van der Waals surface area contributed by atoms with Crippen molar-refractivity contribution in [1.29, 1.82) is 0 Å². The molecule has 0 spiro atoms. The topological polar surface area (TPSA) is 71.4 Å². The molecule has 0 aliphatic heterocycles. The fraction of sp³-hybridized carbons (Fsp3) is 0.0714. The van der Waals surface area contributed by atoms with Gasteiger partial charge in [0.25, 0.3) is 0 Å². The maximum Gasteiger partial charge on any atom is 0.338 e. The molecule has 0 radical (unpaired) electrons. The minimum Gasteiger partial charge on any atom is -0.478 e. The van der Waals surface area contributed by atoms with Gasteiger partial charge < -0.3 is 5.11 Å². The van der Waals surface area contributed by atoms with Crippen molar-refractivity contribution in [2.45, 2.75) is 4.90 Å². The van der Waals surface area contributed by atoms with Crippen LogP contribution in [0.5, 0.6) is 0 Å². The molecule has 2 aromatic carbocycles. The predicted molar refractivity (Wildman–Crippen MR) is 71.9 cm³/mol. The van der Waals surface area contributed by atoms with Crippen LogP contribution in [-0.2, 0) is 9.84 Å². The van der Waals surface area contributed by atoms with E-state index in [0.29, 0.717) is 11.1 Å². The highest BCUT2D eigenvalue weighted by atomic mass is 32.2. The molecule has 0 heterocycles. The molecule has 2 aromatic rings. The van der Waals surface area contributed by atoms with Gasteiger partial charge in [-0.1, -0.05) is 18.2 Å². The predicted octanol–water partition coefficient (Wildman–Crippen LogP) is 2.59. The van der Waals surface area contributed by atoms with Gasteiger partial charge >= 0.3 is 5.97 Å². The summed E-state index contributed by atoms with van der Waals surface area (Å²) < 4.78 is 36.6. The number of rotatable bonds is 3. The molecular weight excluding hydrogens is 283 g/mol. The maximum absolute atomic E-state index is 13.6. The molecule has 0 aliphatic rings. The second-order valence-electron chi connectivity index (χ2n) is 4.30. The number of carboxylic acids is 1. The van der Waals surface area contributed by atoms with Crippen molar-refractivity contribution >= 4 is 15.8 Å². The Morgan fingerprint density at radius 2 is 1.75 bits per heavy atom. The van der Waals surface area contributed by atoms with Gasteiger partial charge in [0.1, 0.15) is 5.82 Å². The van der Waals surface area contributed by atoms with Crippen LogP contribution in [0, 0.1) is 5.82 Å². The molecule has 20 heavy (non-hydrogen) atoms. The normalized spacial score (nSPS) is 11.3. The number of sulfone groups is 1. The number of aromatic carboxylic acids is 1. The van der Waals surface area contributed by atoms with Crippen molar-refractivity contribution in [3.63, 3.8) is 0 Å². The van der Waals surface area contributed by atoms with Crippen LogP contribution in [-0.4, -0.2) is 25.7 Å². The first-order chi connectivity index (χ1) is 9.29. The molecule has 0 bridgehead atoms. The van der Waals surface area contributed by atoms with Gasteiger partial charge in [-0.25, -0.2) is 17.6 Å². The third-order valence-corrected chi connectivity index (χ3v) is 3.91. The summed E-state index contributed by atoms with van der Waals surface area (Å²) >= 11 is 0. The molecule has 0 fully saturated rings. The zero-order chi connectivity index (χ0) is 14.9. The van der Waals surface area contributed by atoms with Crippen molar-refractivity contribution in [3.05, 3.63) is 53.8 Å². The Bertz CT molecular complexity index is 782. The Morgan fingerprint density at radius 1 is 1.10 bits per heavy atom. The Morgan fingerprint density at radius 3 is 2.30 bits per heavy atom. The number of hydrogen-bond donors (Lipinski definition) is 1. The van der Waals surface area contributed by atoms with Crippen LogP contribution in [0.4, 0.5) is 4.39 Å². The Hall–Kier alpha value is -2.21. The summed E-state index contributed by atoms with van der Waals surface area (Å²) in [6.45, 7) is 0. The van der Waals surface area contributed by atoms with Crippen LogP contribution in [0.3, 0.4) is 0 Å². The molecule has 0 unspecified atom stereocenters. The van der Waals surface area contributed by atoms with Crippen LogP contribution < -0.4 is 0 Å². The highest BCUT2D eigenvalue weighted by Crippen LogP contribution is 2.24. The number of halogens is 1. The molecule has 104 valence electrons. The van der Waals surface area contributed by atoms with Crippen LogP contribution in [0.1, 0.15) is 10.4 Å². The highest BCUT2D eigenvalue weighted by molar-refractivity contribution is 7.90. The number of carbonyl (C=O) groups is 1. The number of hydrogen-bond acceptors (Lipinski definition) is 3. The van der Waals surface area contributed by atoms with Crippen molar-refractivity contribution in [3.8, 4) is 11.1 Å². The Labute approximate surface area is 115 Å². The molecule has 6 heteroatoms. The van der Waals surface area contributed by atoms with Gasteiger partial charge in [0, 0.05) is 6.26 Å². The maximum atomic E-state index is 13.6. The van der Waals surface area contributed by atoms with Crippen molar-refractivity contribution in [2.24, 2.45) is 0 Å². The summed E-state index contributed by atoms with van der Waals surface area (Å²) in [4.78, 5) is 10.9. The lowest BCUT2D eigenvalue weighted by molar-refractivity contribution is 0.0692. The second-order valence-corrected chi connectivity index (χ2v) is 6.32. The summed E-state index contributed by atoms with van der Waals surface area (Å²) in [7, 11) is -3.35. The van der Waals surface area contributed by atoms with Crippen LogP contribution in [0.25, 0.3) is 11.1 Å². The average molecular weight is 294 g/mol. The summed E-state index contributed by atoms with van der Waals surface area (Å²) in [5.74, 6) is -2.21. The molecule has 4 nitrogen and oxygen atoms in total. The first kappa shape index (κ1) is 14.2. The zero-order valence-corrected chi connectivity index (χ0v) is 11.3. The Balaban J connectivity index is 2.53. The average Bonchev–Trinajstić information content (AvgIpc) is 2.37. The highest BCUT2D eigenvalue weighted by Gasteiger charge is 2.12. The van der Waals surface area contributed by atoms with E-state index in [1.54, 1.807) is 12.1 Å². The van der Waals surface area contributed by atoms with E-state index in [-0.39, 0.29) is 4.90 Å². The van der Waals surface area contributed by atoms with E-state index in [4.69, 9.17) is 5.11 Å². The standard InChI is InChI=1S/C14H11FO4S/c1-20(18,19)11-4-2-3-9(7-11)10-5-6-12(14(16)17)13(15)8-10/h2-8H,1H3,(H,16,17). The molecule has 1 N–H and O–H groups in total. The smallest absolute Gasteiger partial charge is 0.338 e. The molecule has 0 amide bonds. The third kappa shape index (κ3) is 2.85. The van der Waals surface area contributed by atoms with E-state index in [0.717, 1.165) is 18.4 Å². The summed E-state index contributed by atoms with van der Waals surface area (Å²) in [6.07, 6.45) is 1.08. The SMILES string of the molecule is CS(=O)(=O)c1cccc(-c2ccc(C(=O)O)c(F)c2)c1. The summed E-state index contributed by atoms with van der Waals surface area (Å²) in [5.41, 5.74) is 0.495. The van der Waals surface area contributed by atoms with Gasteiger partial charge in [-0.2, -0.15) is 0 Å². The van der Waals surface area contributed by atoms with Gasteiger partial charge in [0.15, 0.2) is 9.84 Å².